The molecule has 0 atom stereocenters. The summed E-state index contributed by atoms with van der Waals surface area (Å²) in [6.07, 6.45) is 0. The second-order valence-corrected chi connectivity index (χ2v) is 4.47. The van der Waals surface area contributed by atoms with Gasteiger partial charge in [-0.05, 0) is 24.3 Å². The molecule has 0 spiro atoms. The number of hydrogen-bond acceptors (Lipinski definition) is 3. The molecule has 6 heteroatoms. The molecule has 0 saturated carbocycles. The average molecular weight is 272 g/mol. The van der Waals surface area contributed by atoms with E-state index in [2.05, 4.69) is 0 Å². The molecular formula is C13H6ClN3O2. The van der Waals surface area contributed by atoms with E-state index in [4.69, 9.17) is 16.9 Å². The summed E-state index contributed by atoms with van der Waals surface area (Å²) in [5, 5.41) is 21.5. The highest BCUT2D eigenvalue weighted by Gasteiger charge is 2.15. The summed E-state index contributed by atoms with van der Waals surface area (Å²) in [6, 6.07) is 10.8. The van der Waals surface area contributed by atoms with Crippen molar-refractivity contribution in [3.63, 3.8) is 0 Å². The van der Waals surface area contributed by atoms with Gasteiger partial charge in [-0.2, -0.15) is 5.26 Å². The van der Waals surface area contributed by atoms with Crippen molar-refractivity contribution in [3.8, 4) is 6.07 Å². The molecule has 0 amide bonds. The number of fused-ring (bicyclic) bond motifs is 2. The molecule has 0 aliphatic heterocycles. The molecule has 0 fully saturated rings. The van der Waals surface area contributed by atoms with Gasteiger partial charge in [0.2, 0.25) is 0 Å². The van der Waals surface area contributed by atoms with E-state index in [1.54, 1.807) is 6.07 Å². The Bertz CT molecular complexity index is 925. The van der Waals surface area contributed by atoms with Crippen LogP contribution in [0.1, 0.15) is 5.56 Å². The number of benzene rings is 2. The lowest BCUT2D eigenvalue weighted by Crippen LogP contribution is -2.19. The fraction of sp³-hybridized carbons (Fsp3) is 0. The lowest BCUT2D eigenvalue weighted by Gasteiger charge is -2.14. The molecule has 0 N–H and O–H groups in total. The summed E-state index contributed by atoms with van der Waals surface area (Å²) >= 11 is 5.84. The van der Waals surface area contributed by atoms with Gasteiger partial charge in [-0.25, -0.2) is 0 Å². The minimum atomic E-state index is 0.142. The molecular weight excluding hydrogens is 266 g/mol. The molecule has 19 heavy (non-hydrogen) atoms. The summed E-state index contributed by atoms with van der Waals surface area (Å²) in [5.41, 5.74) is 1.08. The van der Waals surface area contributed by atoms with Crippen LogP contribution in [-0.4, -0.2) is 4.73 Å². The molecule has 0 aliphatic carbocycles. The number of nitriles is 1. The summed E-state index contributed by atoms with van der Waals surface area (Å²) in [5.74, 6) is 0. The molecule has 0 aliphatic rings. The summed E-state index contributed by atoms with van der Waals surface area (Å²) < 4.78 is 1.28. The van der Waals surface area contributed by atoms with E-state index in [0.717, 1.165) is 0 Å². The maximum absolute atomic E-state index is 12.3. The van der Waals surface area contributed by atoms with Gasteiger partial charge in [0.25, 0.3) is 11.0 Å². The van der Waals surface area contributed by atoms with Crippen molar-refractivity contribution in [2.24, 2.45) is 0 Å². The molecule has 3 aromatic rings. The smallest absolute Gasteiger partial charge is 0.286 e. The maximum atomic E-state index is 12.3. The molecule has 0 radical (unpaired) electrons. The van der Waals surface area contributed by atoms with Crippen LogP contribution in [0, 0.1) is 21.4 Å². The zero-order valence-electron chi connectivity index (χ0n) is 9.50. The first-order valence-corrected chi connectivity index (χ1v) is 5.78. The number of hydrogen-bond donors (Lipinski definition) is 0. The lowest BCUT2D eigenvalue weighted by molar-refractivity contribution is -0.432. The van der Waals surface area contributed by atoms with Crippen LogP contribution in [0.5, 0.6) is 0 Å². The van der Waals surface area contributed by atoms with Crippen molar-refractivity contribution >= 4 is 33.7 Å². The van der Waals surface area contributed by atoms with Crippen molar-refractivity contribution < 1.29 is 4.43 Å². The van der Waals surface area contributed by atoms with Crippen molar-refractivity contribution in [1.29, 1.82) is 5.26 Å². The van der Waals surface area contributed by atoms with E-state index < -0.39 is 0 Å². The van der Waals surface area contributed by atoms with Gasteiger partial charge >= 0.3 is 0 Å². The highest BCUT2D eigenvalue weighted by Crippen LogP contribution is 2.21. The fourth-order valence-electron chi connectivity index (χ4n) is 2.02. The highest BCUT2D eigenvalue weighted by molar-refractivity contribution is 6.31. The normalized spacial score (nSPS) is 10.7. The quantitative estimate of drug-likeness (QED) is 0.466. The van der Waals surface area contributed by atoms with Crippen LogP contribution in [-0.2, 0) is 0 Å². The first-order valence-electron chi connectivity index (χ1n) is 5.40. The zero-order chi connectivity index (χ0) is 13.6. The molecule has 3 rings (SSSR count). The SMILES string of the molecule is N#Cc1ccc2c(c1)n([O-])c1cc(Cl)ccc1[n+]2=O. The molecule has 2 aromatic carbocycles. The van der Waals surface area contributed by atoms with Crippen LogP contribution in [0.2, 0.25) is 5.02 Å². The van der Waals surface area contributed by atoms with Crippen LogP contribution < -0.4 is 4.43 Å². The first kappa shape index (κ1) is 11.5. The van der Waals surface area contributed by atoms with Crippen LogP contribution in [0.15, 0.2) is 36.4 Å². The van der Waals surface area contributed by atoms with Gasteiger partial charge in [-0.1, -0.05) is 11.6 Å². The summed E-state index contributed by atoms with van der Waals surface area (Å²) in [6.45, 7) is 0. The molecule has 92 valence electrons. The minimum Gasteiger partial charge on any atom is -0.805 e. The predicted molar refractivity (Wildman–Crippen MR) is 71.3 cm³/mol. The molecule has 5 nitrogen and oxygen atoms in total. The topological polar surface area (TPSA) is 74.8 Å². The second-order valence-electron chi connectivity index (χ2n) is 4.04. The van der Waals surface area contributed by atoms with Crippen LogP contribution in [0.4, 0.5) is 0 Å². The van der Waals surface area contributed by atoms with E-state index >= 15 is 0 Å². The first-order chi connectivity index (χ1) is 9.11. The second kappa shape index (κ2) is 3.97. The van der Waals surface area contributed by atoms with E-state index in [0.29, 0.717) is 19.7 Å². The molecule has 0 bridgehead atoms. The van der Waals surface area contributed by atoms with Gasteiger partial charge in [0, 0.05) is 22.1 Å². The van der Waals surface area contributed by atoms with Gasteiger partial charge in [0.1, 0.15) is 11.0 Å². The van der Waals surface area contributed by atoms with Crippen LogP contribution in [0.25, 0.3) is 22.1 Å². The zero-order valence-corrected chi connectivity index (χ0v) is 10.3. The molecule has 1 aromatic heterocycles. The van der Waals surface area contributed by atoms with Crippen molar-refractivity contribution in [2.45, 2.75) is 0 Å². The van der Waals surface area contributed by atoms with Crippen LogP contribution >= 0.6 is 11.6 Å². The Hall–Kier alpha value is -2.58. The summed E-state index contributed by atoms with van der Waals surface area (Å²) in [4.78, 5) is 12.2. The van der Waals surface area contributed by atoms with Crippen molar-refractivity contribution in [1.82, 2.24) is 4.73 Å². The Morgan fingerprint density at radius 3 is 2.47 bits per heavy atom. The van der Waals surface area contributed by atoms with Gasteiger partial charge in [0.15, 0.2) is 0 Å². The van der Waals surface area contributed by atoms with E-state index in [9.17, 15) is 10.1 Å². The standard InChI is InChI=1S/C13H6ClN3O2/c14-9-2-4-11-13(6-9)17(19)12-5-8(7-15)1-3-10(12)16(11)18/h1-6H. The third-order valence-electron chi connectivity index (χ3n) is 2.92. The number of nitrogens with zero attached hydrogens (tertiary/aromatic N) is 3. The van der Waals surface area contributed by atoms with Crippen LogP contribution in [0.3, 0.4) is 0 Å². The molecule has 0 unspecified atom stereocenters. The monoisotopic (exact) mass is 271 g/mol. The van der Waals surface area contributed by atoms with E-state index in [-0.39, 0.29) is 22.1 Å². The maximum Gasteiger partial charge on any atom is 0.286 e. The Morgan fingerprint density at radius 1 is 1.16 bits per heavy atom. The minimum absolute atomic E-state index is 0.142. The fourth-order valence-corrected chi connectivity index (χ4v) is 2.18. The largest absolute Gasteiger partial charge is 0.805 e. The van der Waals surface area contributed by atoms with Gasteiger partial charge < -0.3 is 9.94 Å². The van der Waals surface area contributed by atoms with Gasteiger partial charge in [0.05, 0.1) is 16.1 Å². The Kier molecular flexibility index (Phi) is 2.40. The van der Waals surface area contributed by atoms with Crippen molar-refractivity contribution in [2.75, 3.05) is 0 Å². The highest BCUT2D eigenvalue weighted by atomic mass is 35.5. The van der Waals surface area contributed by atoms with Crippen molar-refractivity contribution in [3.05, 3.63) is 57.1 Å². The Balaban J connectivity index is 2.62. The van der Waals surface area contributed by atoms with E-state index in [1.807, 2.05) is 6.07 Å². The number of rotatable bonds is 0. The Morgan fingerprint density at radius 2 is 1.79 bits per heavy atom. The van der Waals surface area contributed by atoms with E-state index in [1.165, 1.54) is 30.3 Å². The van der Waals surface area contributed by atoms with Gasteiger partial charge in [-0.15, -0.1) is 0 Å². The average Bonchev–Trinajstić information content (AvgIpc) is 2.44. The molecule has 1 heterocycles. The third kappa shape index (κ3) is 1.62. The molecule has 0 saturated heterocycles. The Labute approximate surface area is 112 Å². The number of halogens is 1. The third-order valence-corrected chi connectivity index (χ3v) is 3.15. The van der Waals surface area contributed by atoms with Gasteiger partial charge in [-0.3, -0.25) is 0 Å². The lowest BCUT2D eigenvalue weighted by atomic mass is 10.2. The number of aromatic nitrogens is 2. The predicted octanol–water partition coefficient (Wildman–Crippen LogP) is 2.58. The summed E-state index contributed by atoms with van der Waals surface area (Å²) in [7, 11) is 0.